The Morgan fingerprint density at radius 2 is 2.19 bits per heavy atom. The number of urea groups is 1. The number of hydrogen-bond acceptors (Lipinski definition) is 3. The molecule has 1 heterocycles. The molecule has 1 aliphatic rings. The number of carboxylic acid groups (broad SMARTS) is 1. The summed E-state index contributed by atoms with van der Waals surface area (Å²) >= 11 is 0. The number of rotatable bonds is 3. The Hall–Kier alpha value is -2.24. The van der Waals surface area contributed by atoms with Crippen LogP contribution in [-0.4, -0.2) is 49.3 Å². The minimum Gasteiger partial charge on any atom is -0.497 e. The molecular formula is C15H20N2O4. The second-order valence-corrected chi connectivity index (χ2v) is 5.17. The molecule has 114 valence electrons. The maximum atomic E-state index is 12.5. The molecule has 1 aromatic carbocycles. The van der Waals surface area contributed by atoms with Crippen molar-refractivity contribution in [3.05, 3.63) is 24.3 Å². The van der Waals surface area contributed by atoms with E-state index in [2.05, 4.69) is 0 Å². The maximum Gasteiger partial charge on any atom is 0.324 e. The zero-order chi connectivity index (χ0) is 15.4. The van der Waals surface area contributed by atoms with Gasteiger partial charge in [-0.15, -0.1) is 0 Å². The normalized spacial score (nSPS) is 18.2. The summed E-state index contributed by atoms with van der Waals surface area (Å²) in [7, 11) is 3.25. The molecule has 2 rings (SSSR count). The van der Waals surface area contributed by atoms with Crippen LogP contribution in [0.25, 0.3) is 0 Å². The summed E-state index contributed by atoms with van der Waals surface area (Å²) in [6.45, 7) is 0.861. The van der Waals surface area contributed by atoms with E-state index in [9.17, 15) is 9.59 Å². The van der Waals surface area contributed by atoms with Crippen molar-refractivity contribution >= 4 is 17.7 Å². The van der Waals surface area contributed by atoms with Gasteiger partial charge in [0.2, 0.25) is 0 Å². The Kier molecular flexibility index (Phi) is 4.67. The van der Waals surface area contributed by atoms with E-state index in [1.807, 2.05) is 18.2 Å². The molecule has 0 radical (unpaired) electrons. The lowest BCUT2D eigenvalue weighted by Crippen LogP contribution is -2.47. The van der Waals surface area contributed by atoms with Gasteiger partial charge in [-0.2, -0.15) is 0 Å². The van der Waals surface area contributed by atoms with Gasteiger partial charge in [-0.05, 0) is 25.0 Å². The number of aliphatic carboxylic acids is 1. The van der Waals surface area contributed by atoms with Crippen LogP contribution in [-0.2, 0) is 4.79 Å². The molecule has 1 saturated heterocycles. The second-order valence-electron chi connectivity index (χ2n) is 5.17. The van der Waals surface area contributed by atoms with Crippen LogP contribution in [0.15, 0.2) is 24.3 Å². The molecule has 1 fully saturated rings. The van der Waals surface area contributed by atoms with Gasteiger partial charge in [0.15, 0.2) is 0 Å². The number of piperidine rings is 1. The van der Waals surface area contributed by atoms with Crippen molar-refractivity contribution < 1.29 is 19.4 Å². The topological polar surface area (TPSA) is 70.1 Å². The summed E-state index contributed by atoms with van der Waals surface area (Å²) in [5, 5.41) is 9.09. The minimum absolute atomic E-state index is 0.186. The van der Waals surface area contributed by atoms with Crippen molar-refractivity contribution in [2.45, 2.75) is 12.8 Å². The van der Waals surface area contributed by atoms with E-state index >= 15 is 0 Å². The van der Waals surface area contributed by atoms with Gasteiger partial charge >= 0.3 is 12.0 Å². The highest BCUT2D eigenvalue weighted by molar-refractivity contribution is 5.92. The quantitative estimate of drug-likeness (QED) is 0.925. The molecule has 0 aliphatic carbocycles. The molecular weight excluding hydrogens is 272 g/mol. The number of likely N-dealkylation sites (tertiary alicyclic amines) is 1. The van der Waals surface area contributed by atoms with Crippen molar-refractivity contribution in [2.24, 2.45) is 5.92 Å². The zero-order valence-electron chi connectivity index (χ0n) is 12.3. The lowest BCUT2D eigenvalue weighted by Gasteiger charge is -2.33. The average Bonchev–Trinajstić information content (AvgIpc) is 2.53. The van der Waals surface area contributed by atoms with Gasteiger partial charge in [0.1, 0.15) is 5.75 Å². The molecule has 0 saturated carbocycles. The summed E-state index contributed by atoms with van der Waals surface area (Å²) < 4.78 is 5.15. The molecule has 6 nitrogen and oxygen atoms in total. The Labute approximate surface area is 123 Å². The van der Waals surface area contributed by atoms with E-state index in [4.69, 9.17) is 9.84 Å². The summed E-state index contributed by atoms with van der Waals surface area (Å²) in [5.41, 5.74) is 0.719. The van der Waals surface area contributed by atoms with Crippen molar-refractivity contribution in [1.29, 1.82) is 0 Å². The van der Waals surface area contributed by atoms with E-state index in [0.717, 1.165) is 5.69 Å². The van der Waals surface area contributed by atoms with E-state index in [1.54, 1.807) is 25.1 Å². The number of carboxylic acids is 1. The summed E-state index contributed by atoms with van der Waals surface area (Å²) in [5.74, 6) is -0.632. The van der Waals surface area contributed by atoms with Gasteiger partial charge in [-0.1, -0.05) is 6.07 Å². The van der Waals surface area contributed by atoms with E-state index in [0.29, 0.717) is 25.1 Å². The molecule has 2 amide bonds. The summed E-state index contributed by atoms with van der Waals surface area (Å²) in [6.07, 6.45) is 1.34. The van der Waals surface area contributed by atoms with Crippen LogP contribution >= 0.6 is 0 Å². The first-order valence-electron chi connectivity index (χ1n) is 6.92. The van der Waals surface area contributed by atoms with Gasteiger partial charge in [0, 0.05) is 31.9 Å². The Morgan fingerprint density at radius 3 is 2.86 bits per heavy atom. The van der Waals surface area contributed by atoms with E-state index in [1.165, 1.54) is 4.90 Å². The number of nitrogens with zero attached hydrogens (tertiary/aromatic N) is 2. The number of amides is 2. The first-order chi connectivity index (χ1) is 10.0. The molecule has 0 spiro atoms. The number of anilines is 1. The first kappa shape index (κ1) is 15.2. The highest BCUT2D eigenvalue weighted by Gasteiger charge is 2.29. The largest absolute Gasteiger partial charge is 0.497 e. The third-order valence-electron chi connectivity index (χ3n) is 3.77. The second kappa shape index (κ2) is 6.47. The Balaban J connectivity index is 2.09. The van der Waals surface area contributed by atoms with Crippen molar-refractivity contribution in [2.75, 3.05) is 32.1 Å². The van der Waals surface area contributed by atoms with Gasteiger partial charge in [-0.25, -0.2) is 4.79 Å². The predicted octanol–water partition coefficient (Wildman–Crippen LogP) is 2.05. The number of ether oxygens (including phenoxy) is 1. The smallest absolute Gasteiger partial charge is 0.324 e. The van der Waals surface area contributed by atoms with Crippen LogP contribution in [0.4, 0.5) is 10.5 Å². The SMILES string of the molecule is COc1cccc(N(C)C(=O)N2CCC[C@H](C(=O)O)C2)c1. The highest BCUT2D eigenvalue weighted by Crippen LogP contribution is 2.23. The maximum absolute atomic E-state index is 12.5. The van der Waals surface area contributed by atoms with Gasteiger partial charge < -0.3 is 14.7 Å². The molecule has 0 unspecified atom stereocenters. The Bertz CT molecular complexity index is 532. The van der Waals surface area contributed by atoms with Gasteiger partial charge in [0.25, 0.3) is 0 Å². The van der Waals surface area contributed by atoms with E-state index in [-0.39, 0.29) is 12.6 Å². The van der Waals surface area contributed by atoms with Crippen LogP contribution < -0.4 is 9.64 Å². The van der Waals surface area contributed by atoms with Crippen LogP contribution in [0, 0.1) is 5.92 Å². The fourth-order valence-electron chi connectivity index (χ4n) is 2.49. The van der Waals surface area contributed by atoms with Crippen LogP contribution in [0.1, 0.15) is 12.8 Å². The van der Waals surface area contributed by atoms with Crippen molar-refractivity contribution in [3.63, 3.8) is 0 Å². The lowest BCUT2D eigenvalue weighted by atomic mass is 9.99. The third kappa shape index (κ3) is 3.45. The molecule has 0 bridgehead atoms. The predicted molar refractivity (Wildman–Crippen MR) is 78.7 cm³/mol. The molecule has 0 aromatic heterocycles. The number of benzene rings is 1. The van der Waals surface area contributed by atoms with Crippen molar-refractivity contribution in [3.8, 4) is 5.75 Å². The van der Waals surface area contributed by atoms with Crippen molar-refractivity contribution in [1.82, 2.24) is 4.90 Å². The average molecular weight is 292 g/mol. The molecule has 1 N–H and O–H groups in total. The Morgan fingerprint density at radius 1 is 1.43 bits per heavy atom. The third-order valence-corrected chi connectivity index (χ3v) is 3.77. The number of carbonyl (C=O) groups is 2. The highest BCUT2D eigenvalue weighted by atomic mass is 16.5. The zero-order valence-corrected chi connectivity index (χ0v) is 12.3. The van der Waals surface area contributed by atoms with Crippen LogP contribution in [0.2, 0.25) is 0 Å². The standard InChI is InChI=1S/C15H20N2O4/c1-16(12-6-3-7-13(9-12)21-2)15(20)17-8-4-5-11(10-17)14(18)19/h3,6-7,9,11H,4-5,8,10H2,1-2H3,(H,18,19)/t11-/m0/s1. The fraction of sp³-hybridized carbons (Fsp3) is 0.467. The summed E-state index contributed by atoms with van der Waals surface area (Å²) in [6, 6.07) is 7.03. The molecule has 1 aliphatic heterocycles. The van der Waals surface area contributed by atoms with Crippen LogP contribution in [0.3, 0.4) is 0 Å². The minimum atomic E-state index is -0.837. The molecule has 1 atom stereocenters. The van der Waals surface area contributed by atoms with Gasteiger partial charge in [-0.3, -0.25) is 9.69 Å². The molecule has 6 heteroatoms. The van der Waals surface area contributed by atoms with Gasteiger partial charge in [0.05, 0.1) is 13.0 Å². The summed E-state index contributed by atoms with van der Waals surface area (Å²) in [4.78, 5) is 26.7. The van der Waals surface area contributed by atoms with E-state index < -0.39 is 11.9 Å². The van der Waals surface area contributed by atoms with Crippen LogP contribution in [0.5, 0.6) is 5.75 Å². The first-order valence-corrected chi connectivity index (χ1v) is 6.92. The lowest BCUT2D eigenvalue weighted by molar-refractivity contribution is -0.143. The number of hydrogen-bond donors (Lipinski definition) is 1. The molecule has 1 aromatic rings. The fourth-order valence-corrected chi connectivity index (χ4v) is 2.49. The number of carbonyl (C=O) groups excluding carboxylic acids is 1. The molecule has 21 heavy (non-hydrogen) atoms. The number of methoxy groups -OCH3 is 1. The monoisotopic (exact) mass is 292 g/mol.